The first-order chi connectivity index (χ1) is 9.88. The Bertz CT molecular complexity index is 615. The Morgan fingerprint density at radius 3 is 2.62 bits per heavy atom. The molecule has 0 atom stereocenters. The van der Waals surface area contributed by atoms with Gasteiger partial charge in [-0.15, -0.1) is 11.3 Å². The normalized spacial score (nSPS) is 11.5. The fourth-order valence-corrected chi connectivity index (χ4v) is 3.08. The summed E-state index contributed by atoms with van der Waals surface area (Å²) in [5, 5.41) is 5.41. The lowest BCUT2D eigenvalue weighted by atomic mass is 10.3. The minimum atomic E-state index is -4.50. The summed E-state index contributed by atoms with van der Waals surface area (Å²) in [6.45, 7) is 0.490. The number of nitrogens with one attached hydrogen (secondary N) is 2. The largest absolute Gasteiger partial charge is 0.433 e. The Morgan fingerprint density at radius 1 is 1.29 bits per heavy atom. The molecule has 0 unspecified atom stereocenters. The summed E-state index contributed by atoms with van der Waals surface area (Å²) in [5.74, 6) is 0.0866. The second-order valence-electron chi connectivity index (χ2n) is 4.09. The van der Waals surface area contributed by atoms with E-state index in [4.69, 9.17) is 0 Å². The van der Waals surface area contributed by atoms with Gasteiger partial charge in [0.25, 0.3) is 0 Å². The second-order valence-corrected chi connectivity index (χ2v) is 6.64. The van der Waals surface area contributed by atoms with Crippen LogP contribution in [0.1, 0.15) is 10.6 Å². The van der Waals surface area contributed by atoms with Crippen molar-refractivity contribution < 1.29 is 13.2 Å². The van der Waals surface area contributed by atoms with Gasteiger partial charge in [-0.2, -0.15) is 18.2 Å². The standard InChI is InChI=1S/C12H12BrF3N4S/c1-17-11-19-8(12(14,15)16)6-10(20-11)18-5-4-7-2-3-9(13)21-7/h2-3,6H,4-5H2,1H3,(H2,17,18,19,20). The molecule has 0 fully saturated rings. The molecule has 4 nitrogen and oxygen atoms in total. The van der Waals surface area contributed by atoms with Gasteiger partial charge >= 0.3 is 6.18 Å². The topological polar surface area (TPSA) is 49.8 Å². The maximum atomic E-state index is 12.7. The minimum absolute atomic E-state index is 0.0637. The molecule has 0 aliphatic heterocycles. The van der Waals surface area contributed by atoms with Gasteiger partial charge in [0, 0.05) is 24.5 Å². The average Bonchev–Trinajstić information content (AvgIpc) is 2.83. The number of thiophene rings is 1. The van der Waals surface area contributed by atoms with Gasteiger partial charge in [-0.1, -0.05) is 0 Å². The molecule has 21 heavy (non-hydrogen) atoms. The molecular weight excluding hydrogens is 369 g/mol. The van der Waals surface area contributed by atoms with Crippen molar-refractivity contribution in [1.29, 1.82) is 0 Å². The third-order valence-electron chi connectivity index (χ3n) is 2.55. The first kappa shape index (κ1) is 16.0. The highest BCUT2D eigenvalue weighted by molar-refractivity contribution is 9.11. The number of hydrogen-bond donors (Lipinski definition) is 2. The lowest BCUT2D eigenvalue weighted by molar-refractivity contribution is -0.141. The molecule has 2 aromatic rings. The van der Waals surface area contributed by atoms with E-state index in [0.717, 1.165) is 14.7 Å². The third-order valence-corrected chi connectivity index (χ3v) is 4.23. The molecular formula is C12H12BrF3N4S. The third kappa shape index (κ3) is 4.57. The van der Waals surface area contributed by atoms with Gasteiger partial charge in [0.1, 0.15) is 5.82 Å². The van der Waals surface area contributed by atoms with Crippen LogP contribution in [-0.4, -0.2) is 23.6 Å². The van der Waals surface area contributed by atoms with E-state index in [1.54, 1.807) is 11.3 Å². The van der Waals surface area contributed by atoms with Crippen LogP contribution in [0.5, 0.6) is 0 Å². The number of rotatable bonds is 5. The molecule has 0 bridgehead atoms. The molecule has 2 N–H and O–H groups in total. The quantitative estimate of drug-likeness (QED) is 0.822. The summed E-state index contributed by atoms with van der Waals surface area (Å²) >= 11 is 4.95. The van der Waals surface area contributed by atoms with Crippen LogP contribution in [0.3, 0.4) is 0 Å². The Balaban J connectivity index is 2.05. The van der Waals surface area contributed by atoms with E-state index in [1.165, 1.54) is 7.05 Å². The van der Waals surface area contributed by atoms with Gasteiger partial charge < -0.3 is 10.6 Å². The zero-order chi connectivity index (χ0) is 15.5. The molecule has 0 saturated heterocycles. The Hall–Kier alpha value is -1.35. The fourth-order valence-electron chi connectivity index (χ4n) is 1.59. The molecule has 2 aromatic heterocycles. The number of alkyl halides is 3. The Morgan fingerprint density at radius 2 is 2.05 bits per heavy atom. The van der Waals surface area contributed by atoms with Crippen molar-refractivity contribution >= 4 is 39.0 Å². The summed E-state index contributed by atoms with van der Waals surface area (Å²) < 4.78 is 39.2. The molecule has 0 aliphatic rings. The summed E-state index contributed by atoms with van der Waals surface area (Å²) in [6.07, 6.45) is -3.79. The van der Waals surface area contributed by atoms with Crippen LogP contribution < -0.4 is 10.6 Å². The van der Waals surface area contributed by atoms with Crippen molar-refractivity contribution in [1.82, 2.24) is 9.97 Å². The van der Waals surface area contributed by atoms with Crippen molar-refractivity contribution in [2.75, 3.05) is 24.2 Å². The zero-order valence-electron chi connectivity index (χ0n) is 11.0. The molecule has 2 heterocycles. The predicted molar refractivity (Wildman–Crippen MR) is 80.8 cm³/mol. The van der Waals surface area contributed by atoms with E-state index in [0.29, 0.717) is 13.0 Å². The van der Waals surface area contributed by atoms with E-state index in [9.17, 15) is 13.2 Å². The van der Waals surface area contributed by atoms with Gasteiger partial charge in [-0.3, -0.25) is 0 Å². The molecule has 0 radical (unpaired) electrons. The van der Waals surface area contributed by atoms with Crippen LogP contribution in [0.4, 0.5) is 24.9 Å². The van der Waals surface area contributed by atoms with Crippen molar-refractivity contribution in [3.8, 4) is 0 Å². The van der Waals surface area contributed by atoms with Crippen LogP contribution in [0.15, 0.2) is 22.0 Å². The van der Waals surface area contributed by atoms with E-state index in [-0.39, 0.29) is 11.8 Å². The molecule has 0 saturated carbocycles. The average molecular weight is 381 g/mol. The summed E-state index contributed by atoms with van der Waals surface area (Å²) in [6, 6.07) is 4.81. The Labute approximate surface area is 131 Å². The van der Waals surface area contributed by atoms with Crippen LogP contribution >= 0.6 is 27.3 Å². The second kappa shape index (κ2) is 6.61. The number of anilines is 2. The van der Waals surface area contributed by atoms with E-state index >= 15 is 0 Å². The molecule has 0 aromatic carbocycles. The van der Waals surface area contributed by atoms with E-state index in [2.05, 4.69) is 36.5 Å². The van der Waals surface area contributed by atoms with E-state index in [1.807, 2.05) is 12.1 Å². The molecule has 0 amide bonds. The van der Waals surface area contributed by atoms with Gasteiger partial charge in [0.2, 0.25) is 5.95 Å². The van der Waals surface area contributed by atoms with Gasteiger partial charge in [0.05, 0.1) is 3.79 Å². The SMILES string of the molecule is CNc1nc(NCCc2ccc(Br)s2)cc(C(F)(F)F)n1. The van der Waals surface area contributed by atoms with E-state index < -0.39 is 11.9 Å². The number of nitrogens with zero attached hydrogens (tertiary/aromatic N) is 2. The summed E-state index contributed by atoms with van der Waals surface area (Å²) in [7, 11) is 1.47. The Kier molecular flexibility index (Phi) is 5.04. The predicted octanol–water partition coefficient (Wildman–Crippen LogP) is 4.02. The van der Waals surface area contributed by atoms with Crippen LogP contribution in [0.2, 0.25) is 0 Å². The van der Waals surface area contributed by atoms with Crippen LogP contribution in [0.25, 0.3) is 0 Å². The van der Waals surface area contributed by atoms with Gasteiger partial charge in [-0.05, 0) is 34.5 Å². The molecule has 9 heteroatoms. The monoisotopic (exact) mass is 380 g/mol. The molecule has 0 spiro atoms. The molecule has 2 rings (SSSR count). The van der Waals surface area contributed by atoms with Gasteiger partial charge in [0.15, 0.2) is 5.69 Å². The van der Waals surface area contributed by atoms with Crippen LogP contribution in [0, 0.1) is 0 Å². The van der Waals surface area contributed by atoms with Crippen molar-refractivity contribution in [3.63, 3.8) is 0 Å². The van der Waals surface area contributed by atoms with Crippen LogP contribution in [-0.2, 0) is 12.6 Å². The maximum absolute atomic E-state index is 12.7. The summed E-state index contributed by atoms with van der Waals surface area (Å²) in [5.41, 5.74) is -0.969. The molecule has 0 aliphatic carbocycles. The lowest BCUT2D eigenvalue weighted by Crippen LogP contribution is -2.14. The minimum Gasteiger partial charge on any atom is -0.370 e. The lowest BCUT2D eigenvalue weighted by Gasteiger charge is -2.11. The van der Waals surface area contributed by atoms with Crippen molar-refractivity contribution in [2.24, 2.45) is 0 Å². The molecule has 114 valence electrons. The highest BCUT2D eigenvalue weighted by Gasteiger charge is 2.33. The van der Waals surface area contributed by atoms with Crippen molar-refractivity contribution in [3.05, 3.63) is 32.6 Å². The fraction of sp³-hybridized carbons (Fsp3) is 0.333. The number of hydrogen-bond acceptors (Lipinski definition) is 5. The van der Waals surface area contributed by atoms with Crippen molar-refractivity contribution in [2.45, 2.75) is 12.6 Å². The summed E-state index contributed by atoms with van der Waals surface area (Å²) in [4.78, 5) is 8.50. The highest BCUT2D eigenvalue weighted by atomic mass is 79.9. The number of aromatic nitrogens is 2. The smallest absolute Gasteiger partial charge is 0.370 e. The zero-order valence-corrected chi connectivity index (χ0v) is 13.4. The maximum Gasteiger partial charge on any atom is 0.433 e. The number of halogens is 4. The first-order valence-electron chi connectivity index (χ1n) is 6.00. The highest BCUT2D eigenvalue weighted by Crippen LogP contribution is 2.29. The first-order valence-corrected chi connectivity index (χ1v) is 7.61. The van der Waals surface area contributed by atoms with Gasteiger partial charge in [-0.25, -0.2) is 4.98 Å².